The van der Waals surface area contributed by atoms with Gasteiger partial charge >= 0.3 is 0 Å². The topological polar surface area (TPSA) is 27.7 Å². The van der Waals surface area contributed by atoms with Crippen LogP contribution >= 0.6 is 15.9 Å². The van der Waals surface area contributed by atoms with Gasteiger partial charge in [-0.25, -0.2) is 0 Å². The molecule has 1 aliphatic carbocycles. The molecule has 0 aromatic heterocycles. The van der Waals surface area contributed by atoms with E-state index in [0.717, 1.165) is 40.6 Å². The summed E-state index contributed by atoms with van der Waals surface area (Å²) in [5.74, 6) is 0.510. The van der Waals surface area contributed by atoms with Gasteiger partial charge in [0, 0.05) is 28.3 Å². The molecule has 112 valence electrons. The van der Waals surface area contributed by atoms with Crippen molar-refractivity contribution in [2.24, 2.45) is 5.41 Å². The molecule has 0 amide bonds. The van der Waals surface area contributed by atoms with Crippen molar-refractivity contribution < 1.29 is 14.2 Å². The van der Waals surface area contributed by atoms with Gasteiger partial charge in [-0.05, 0) is 30.2 Å². The van der Waals surface area contributed by atoms with Gasteiger partial charge in [-0.15, -0.1) is 0 Å². The van der Waals surface area contributed by atoms with E-state index in [-0.39, 0.29) is 11.5 Å². The molecule has 4 rings (SSSR count). The number of rotatable bonds is 0. The summed E-state index contributed by atoms with van der Waals surface area (Å²) in [6.07, 6.45) is 2.80. The summed E-state index contributed by atoms with van der Waals surface area (Å²) < 4.78 is 19.2. The van der Waals surface area contributed by atoms with E-state index < -0.39 is 5.79 Å². The zero-order chi connectivity index (χ0) is 14.7. The molecule has 1 saturated heterocycles. The first-order valence-electron chi connectivity index (χ1n) is 7.46. The molecule has 3 aliphatic rings. The van der Waals surface area contributed by atoms with Gasteiger partial charge in [-0.1, -0.05) is 29.4 Å². The smallest absolute Gasteiger partial charge is 0.169 e. The van der Waals surface area contributed by atoms with Crippen LogP contribution in [0.15, 0.2) is 29.3 Å². The van der Waals surface area contributed by atoms with E-state index in [1.54, 1.807) is 0 Å². The molecular formula is C17H19BrO3. The van der Waals surface area contributed by atoms with Crippen LogP contribution in [0.2, 0.25) is 0 Å². The van der Waals surface area contributed by atoms with Gasteiger partial charge < -0.3 is 14.2 Å². The van der Waals surface area contributed by atoms with Gasteiger partial charge in [0.1, 0.15) is 11.9 Å². The van der Waals surface area contributed by atoms with Crippen LogP contribution in [0, 0.1) is 5.41 Å². The van der Waals surface area contributed by atoms with Gasteiger partial charge in [0.2, 0.25) is 0 Å². The molecular weight excluding hydrogens is 332 g/mol. The Morgan fingerprint density at radius 3 is 2.81 bits per heavy atom. The van der Waals surface area contributed by atoms with Crippen LogP contribution in [-0.4, -0.2) is 25.1 Å². The largest absolute Gasteiger partial charge is 0.489 e. The lowest BCUT2D eigenvalue weighted by atomic mass is 9.64. The Balaban J connectivity index is 1.75. The molecule has 4 heteroatoms. The van der Waals surface area contributed by atoms with E-state index in [9.17, 15) is 0 Å². The van der Waals surface area contributed by atoms with E-state index in [4.69, 9.17) is 14.2 Å². The normalized spacial score (nSPS) is 33.4. The predicted molar refractivity (Wildman–Crippen MR) is 84.2 cm³/mol. The second kappa shape index (κ2) is 4.58. The summed E-state index contributed by atoms with van der Waals surface area (Å²) in [4.78, 5) is 0. The first kappa shape index (κ1) is 13.8. The van der Waals surface area contributed by atoms with Crippen molar-refractivity contribution in [3.8, 4) is 5.75 Å². The molecule has 0 unspecified atom stereocenters. The van der Waals surface area contributed by atoms with Gasteiger partial charge in [0.25, 0.3) is 0 Å². The zero-order valence-corrected chi connectivity index (χ0v) is 13.7. The lowest BCUT2D eigenvalue weighted by Crippen LogP contribution is -2.52. The van der Waals surface area contributed by atoms with Crippen molar-refractivity contribution in [3.63, 3.8) is 0 Å². The van der Waals surface area contributed by atoms with Crippen LogP contribution in [-0.2, 0) is 9.47 Å². The SMILES string of the molecule is C=C1c2cc(Br)ccc2O[C@@H]2CCC3(C[C@]12C)OCCO3. The fraction of sp³-hybridized carbons (Fsp3) is 0.529. The van der Waals surface area contributed by atoms with Crippen molar-refractivity contribution in [2.45, 2.75) is 38.1 Å². The highest BCUT2D eigenvalue weighted by Crippen LogP contribution is 2.56. The monoisotopic (exact) mass is 350 g/mol. The van der Waals surface area contributed by atoms with E-state index in [2.05, 4.69) is 35.5 Å². The Hall–Kier alpha value is -0.840. The van der Waals surface area contributed by atoms with Crippen LogP contribution < -0.4 is 4.74 Å². The average molecular weight is 351 g/mol. The molecule has 2 aliphatic heterocycles. The number of ether oxygens (including phenoxy) is 3. The first-order chi connectivity index (χ1) is 10.0. The minimum atomic E-state index is -0.429. The summed E-state index contributed by atoms with van der Waals surface area (Å²) >= 11 is 3.54. The Kier molecular flexibility index (Phi) is 3.01. The molecule has 2 atom stereocenters. The Morgan fingerprint density at radius 2 is 2.05 bits per heavy atom. The van der Waals surface area contributed by atoms with E-state index in [1.807, 2.05) is 12.1 Å². The molecule has 2 fully saturated rings. The molecule has 1 aromatic carbocycles. The van der Waals surface area contributed by atoms with E-state index in [0.29, 0.717) is 13.2 Å². The maximum Gasteiger partial charge on any atom is 0.169 e. The molecule has 1 spiro atoms. The summed E-state index contributed by atoms with van der Waals surface area (Å²) in [5, 5.41) is 0. The maximum atomic E-state index is 6.27. The number of halogens is 1. The molecule has 2 heterocycles. The molecule has 1 saturated carbocycles. The Morgan fingerprint density at radius 1 is 1.29 bits per heavy atom. The van der Waals surface area contributed by atoms with Gasteiger partial charge in [0.05, 0.1) is 13.2 Å². The summed E-state index contributed by atoms with van der Waals surface area (Å²) in [6.45, 7) is 8.01. The summed E-state index contributed by atoms with van der Waals surface area (Å²) in [7, 11) is 0. The van der Waals surface area contributed by atoms with Crippen molar-refractivity contribution in [3.05, 3.63) is 34.8 Å². The van der Waals surface area contributed by atoms with Crippen LogP contribution in [0.1, 0.15) is 31.7 Å². The van der Waals surface area contributed by atoms with Crippen molar-refractivity contribution in [1.29, 1.82) is 0 Å². The third kappa shape index (κ3) is 2.00. The van der Waals surface area contributed by atoms with Crippen LogP contribution in [0.3, 0.4) is 0 Å². The fourth-order valence-corrected chi connectivity index (χ4v) is 4.33. The lowest BCUT2D eigenvalue weighted by Gasteiger charge is -2.51. The second-order valence-corrected chi connectivity index (χ2v) is 7.38. The Labute approximate surface area is 133 Å². The molecule has 0 bridgehead atoms. The number of benzene rings is 1. The standard InChI is InChI=1S/C17H19BrO3/c1-11-13-9-12(18)3-4-14(13)21-15-5-6-17(10-16(11,15)2)19-7-8-20-17/h3-4,9,15H,1,5-8,10H2,2H3/t15-,16-/m1/s1. The van der Waals surface area contributed by atoms with Gasteiger partial charge in [0.15, 0.2) is 5.79 Å². The average Bonchev–Trinajstić information content (AvgIpc) is 2.90. The van der Waals surface area contributed by atoms with E-state index in [1.165, 1.54) is 0 Å². The van der Waals surface area contributed by atoms with E-state index >= 15 is 0 Å². The second-order valence-electron chi connectivity index (χ2n) is 6.47. The third-order valence-electron chi connectivity index (χ3n) is 5.17. The minimum absolute atomic E-state index is 0.142. The summed E-state index contributed by atoms with van der Waals surface area (Å²) in [6, 6.07) is 6.14. The molecule has 21 heavy (non-hydrogen) atoms. The van der Waals surface area contributed by atoms with Crippen molar-refractivity contribution in [1.82, 2.24) is 0 Å². The van der Waals surface area contributed by atoms with Gasteiger partial charge in [-0.2, -0.15) is 0 Å². The fourth-order valence-electron chi connectivity index (χ4n) is 3.97. The highest BCUT2D eigenvalue weighted by atomic mass is 79.9. The summed E-state index contributed by atoms with van der Waals surface area (Å²) in [5.41, 5.74) is 2.09. The maximum absolute atomic E-state index is 6.27. The highest BCUT2D eigenvalue weighted by Gasteiger charge is 2.55. The number of fused-ring (bicyclic) bond motifs is 2. The van der Waals surface area contributed by atoms with Crippen LogP contribution in [0.25, 0.3) is 5.57 Å². The lowest BCUT2D eigenvalue weighted by molar-refractivity contribution is -0.209. The molecule has 0 radical (unpaired) electrons. The number of hydrogen-bond donors (Lipinski definition) is 0. The number of hydrogen-bond acceptors (Lipinski definition) is 3. The van der Waals surface area contributed by atoms with Gasteiger partial charge in [-0.3, -0.25) is 0 Å². The minimum Gasteiger partial charge on any atom is -0.489 e. The molecule has 1 aromatic rings. The van der Waals surface area contributed by atoms with Crippen molar-refractivity contribution in [2.75, 3.05) is 13.2 Å². The van der Waals surface area contributed by atoms with Crippen molar-refractivity contribution >= 4 is 21.5 Å². The van der Waals surface area contributed by atoms with Crippen LogP contribution in [0.4, 0.5) is 0 Å². The Bertz CT molecular complexity index is 606. The zero-order valence-electron chi connectivity index (χ0n) is 12.2. The van der Waals surface area contributed by atoms with Crippen LogP contribution in [0.5, 0.6) is 5.75 Å². The molecule has 0 N–H and O–H groups in total. The molecule has 3 nitrogen and oxygen atoms in total. The highest BCUT2D eigenvalue weighted by molar-refractivity contribution is 9.10. The quantitative estimate of drug-likeness (QED) is 0.703. The first-order valence-corrected chi connectivity index (χ1v) is 8.26. The third-order valence-corrected chi connectivity index (χ3v) is 5.67. The predicted octanol–water partition coefficient (Wildman–Crippen LogP) is 4.16.